The monoisotopic (exact) mass is 413 g/mol. The van der Waals surface area contributed by atoms with Crippen LogP contribution in [0.25, 0.3) is 16.9 Å². The van der Waals surface area contributed by atoms with Crippen molar-refractivity contribution in [2.75, 3.05) is 18.0 Å². The van der Waals surface area contributed by atoms with E-state index in [4.69, 9.17) is 0 Å². The molecular weight excluding hydrogens is 395 g/mol. The van der Waals surface area contributed by atoms with Crippen LogP contribution < -0.4 is 4.90 Å². The summed E-state index contributed by atoms with van der Waals surface area (Å²) in [6.45, 7) is 1.63. The van der Waals surface area contributed by atoms with Crippen molar-refractivity contribution in [2.45, 2.75) is 24.9 Å². The van der Waals surface area contributed by atoms with Crippen molar-refractivity contribution >= 4 is 11.5 Å². The summed E-state index contributed by atoms with van der Waals surface area (Å²) in [6.07, 6.45) is 4.29. The van der Waals surface area contributed by atoms with Gasteiger partial charge >= 0.3 is 6.18 Å². The van der Waals surface area contributed by atoms with Crippen molar-refractivity contribution < 1.29 is 13.2 Å². The number of hydrogen-bond donors (Lipinski definition) is 1. The molecule has 1 N–H and O–H groups in total. The van der Waals surface area contributed by atoms with E-state index in [1.54, 1.807) is 18.5 Å². The molecule has 0 radical (unpaired) electrons. The summed E-state index contributed by atoms with van der Waals surface area (Å²) < 4.78 is 40.5. The van der Waals surface area contributed by atoms with E-state index >= 15 is 0 Å². The zero-order valence-corrected chi connectivity index (χ0v) is 15.8. The van der Waals surface area contributed by atoms with Gasteiger partial charge < -0.3 is 9.88 Å². The lowest BCUT2D eigenvalue weighted by atomic mass is 9.97. The first-order chi connectivity index (χ1) is 14.5. The van der Waals surface area contributed by atoms with Crippen molar-refractivity contribution in [1.82, 2.24) is 29.5 Å². The fourth-order valence-electron chi connectivity index (χ4n) is 3.88. The maximum atomic E-state index is 13.1. The Morgan fingerprint density at radius 3 is 2.77 bits per heavy atom. The number of hydrogen-bond acceptors (Lipinski definition) is 5. The molecule has 0 aliphatic carbocycles. The first-order valence-electron chi connectivity index (χ1n) is 9.62. The molecule has 1 saturated heterocycles. The molecule has 4 aromatic heterocycles. The minimum atomic E-state index is -4.52. The van der Waals surface area contributed by atoms with Crippen LogP contribution in [0.3, 0.4) is 0 Å². The second-order valence-electron chi connectivity index (χ2n) is 7.29. The summed E-state index contributed by atoms with van der Waals surface area (Å²) in [6, 6.07) is 5.88. The van der Waals surface area contributed by atoms with Crippen molar-refractivity contribution in [3.05, 3.63) is 60.6 Å². The number of nitrogens with zero attached hydrogens (tertiary/aromatic N) is 6. The number of rotatable bonds is 3. The van der Waals surface area contributed by atoms with Gasteiger partial charge in [0.25, 0.3) is 0 Å². The highest BCUT2D eigenvalue weighted by Crippen LogP contribution is 2.31. The third-order valence-electron chi connectivity index (χ3n) is 5.35. The molecule has 5 rings (SSSR count). The molecule has 4 aromatic rings. The molecule has 30 heavy (non-hydrogen) atoms. The molecule has 7 nitrogen and oxygen atoms in total. The Morgan fingerprint density at radius 2 is 1.97 bits per heavy atom. The maximum absolute atomic E-state index is 13.1. The van der Waals surface area contributed by atoms with E-state index in [2.05, 4.69) is 29.9 Å². The van der Waals surface area contributed by atoms with Gasteiger partial charge in [-0.05, 0) is 37.1 Å². The zero-order chi connectivity index (χ0) is 20.7. The number of nitrogens with one attached hydrogen (secondary N) is 1. The fourth-order valence-corrected chi connectivity index (χ4v) is 3.88. The smallest absolute Gasteiger partial charge is 0.356 e. The summed E-state index contributed by atoms with van der Waals surface area (Å²) in [5.74, 6) is 2.01. The van der Waals surface area contributed by atoms with Crippen LogP contribution in [0.15, 0.2) is 49.1 Å². The van der Waals surface area contributed by atoms with Gasteiger partial charge in [0.15, 0.2) is 11.3 Å². The fraction of sp³-hybridized carbons (Fsp3) is 0.300. The molecule has 1 atom stereocenters. The van der Waals surface area contributed by atoms with Crippen LogP contribution in [0.1, 0.15) is 30.3 Å². The number of imidazole rings is 2. The van der Waals surface area contributed by atoms with Gasteiger partial charge in [-0.15, -0.1) is 0 Å². The van der Waals surface area contributed by atoms with E-state index in [-0.39, 0.29) is 5.92 Å². The van der Waals surface area contributed by atoms with Gasteiger partial charge in [-0.3, -0.25) is 0 Å². The lowest BCUT2D eigenvalue weighted by Gasteiger charge is -2.32. The van der Waals surface area contributed by atoms with Crippen molar-refractivity contribution in [3.8, 4) is 11.3 Å². The highest BCUT2D eigenvalue weighted by molar-refractivity contribution is 5.66. The van der Waals surface area contributed by atoms with Gasteiger partial charge in [0.2, 0.25) is 0 Å². The van der Waals surface area contributed by atoms with E-state index in [0.717, 1.165) is 43.6 Å². The number of piperidine rings is 1. The number of alkyl halides is 3. The van der Waals surface area contributed by atoms with Gasteiger partial charge in [0.1, 0.15) is 11.6 Å². The third kappa shape index (κ3) is 3.38. The van der Waals surface area contributed by atoms with Crippen molar-refractivity contribution in [3.63, 3.8) is 0 Å². The van der Waals surface area contributed by atoms with E-state index in [0.29, 0.717) is 16.9 Å². The third-order valence-corrected chi connectivity index (χ3v) is 5.35. The average Bonchev–Trinajstić information content (AvgIpc) is 3.43. The molecule has 1 fully saturated rings. The number of H-pyrrole nitrogens is 1. The second-order valence-corrected chi connectivity index (χ2v) is 7.29. The topological polar surface area (TPSA) is 75.0 Å². The number of aromatic amines is 1. The number of fused-ring (bicyclic) bond motifs is 1. The van der Waals surface area contributed by atoms with E-state index < -0.39 is 11.9 Å². The Morgan fingerprint density at radius 1 is 1.07 bits per heavy atom. The van der Waals surface area contributed by atoms with Crippen LogP contribution >= 0.6 is 0 Å². The van der Waals surface area contributed by atoms with Gasteiger partial charge in [-0.25, -0.2) is 19.5 Å². The zero-order valence-electron chi connectivity index (χ0n) is 15.8. The molecule has 0 bridgehead atoms. The highest BCUT2D eigenvalue weighted by atomic mass is 19.4. The molecule has 1 aliphatic heterocycles. The van der Waals surface area contributed by atoms with E-state index in [9.17, 15) is 13.2 Å². The SMILES string of the molecule is FC(F)(F)c1ccc2ncc(-c3ccnc(N4CCCC(c5ncc[nH]5)C4)c3)n2n1. The van der Waals surface area contributed by atoms with Gasteiger partial charge in [-0.1, -0.05) is 0 Å². The Labute approximate surface area is 169 Å². The number of aromatic nitrogens is 6. The molecule has 0 aromatic carbocycles. The summed E-state index contributed by atoms with van der Waals surface area (Å²) in [4.78, 5) is 18.4. The average molecular weight is 413 g/mol. The number of halogens is 3. The molecule has 1 unspecified atom stereocenters. The van der Waals surface area contributed by atoms with E-state index in [1.165, 1.54) is 16.8 Å². The van der Waals surface area contributed by atoms with Crippen LogP contribution in [0.4, 0.5) is 19.0 Å². The molecular formula is C20H18F3N7. The Balaban J connectivity index is 1.48. The molecule has 0 saturated carbocycles. The predicted molar refractivity (Wildman–Crippen MR) is 104 cm³/mol. The normalized spacial score (nSPS) is 17.6. The van der Waals surface area contributed by atoms with Crippen molar-refractivity contribution in [2.24, 2.45) is 0 Å². The van der Waals surface area contributed by atoms with Crippen LogP contribution in [0, 0.1) is 0 Å². The minimum absolute atomic E-state index is 0.283. The quantitative estimate of drug-likeness (QED) is 0.551. The molecule has 0 amide bonds. The van der Waals surface area contributed by atoms with Crippen LogP contribution in [0.2, 0.25) is 0 Å². The first-order valence-corrected chi connectivity index (χ1v) is 9.62. The molecule has 1 aliphatic rings. The number of anilines is 1. The predicted octanol–water partition coefficient (Wildman–Crippen LogP) is 3.92. The second kappa shape index (κ2) is 7.12. The lowest BCUT2D eigenvalue weighted by molar-refractivity contribution is -0.141. The summed E-state index contributed by atoms with van der Waals surface area (Å²) in [5.41, 5.74) is 0.590. The van der Waals surface area contributed by atoms with Gasteiger partial charge in [0, 0.05) is 43.2 Å². The lowest BCUT2D eigenvalue weighted by Crippen LogP contribution is -2.35. The molecule has 10 heteroatoms. The largest absolute Gasteiger partial charge is 0.435 e. The Bertz CT molecular complexity index is 1170. The molecule has 154 valence electrons. The summed E-state index contributed by atoms with van der Waals surface area (Å²) in [5, 5.41) is 3.75. The van der Waals surface area contributed by atoms with Gasteiger partial charge in [-0.2, -0.15) is 18.3 Å². The van der Waals surface area contributed by atoms with Crippen LogP contribution in [-0.4, -0.2) is 42.6 Å². The highest BCUT2D eigenvalue weighted by Gasteiger charge is 2.33. The van der Waals surface area contributed by atoms with Crippen molar-refractivity contribution in [1.29, 1.82) is 0 Å². The summed E-state index contributed by atoms with van der Waals surface area (Å²) >= 11 is 0. The molecule has 5 heterocycles. The van der Waals surface area contributed by atoms with Crippen LogP contribution in [-0.2, 0) is 6.18 Å². The Kier molecular flexibility index (Phi) is 4.41. The van der Waals surface area contributed by atoms with Crippen LogP contribution in [0.5, 0.6) is 0 Å². The van der Waals surface area contributed by atoms with Gasteiger partial charge in [0.05, 0.1) is 11.9 Å². The Hall–Kier alpha value is -3.43. The standard InChI is InChI=1S/C20H18F3N7/c21-20(22,23)16-3-4-17-27-11-15(30(17)28-16)13-5-6-24-18(10-13)29-9-1-2-14(12-29)19-25-7-8-26-19/h3-8,10-11,14H,1-2,9,12H2,(H,25,26). The minimum Gasteiger partial charge on any atom is -0.356 e. The first kappa shape index (κ1) is 18.6. The number of pyridine rings is 1. The molecule has 0 spiro atoms. The summed E-state index contributed by atoms with van der Waals surface area (Å²) in [7, 11) is 0. The maximum Gasteiger partial charge on any atom is 0.435 e. The van der Waals surface area contributed by atoms with E-state index in [1.807, 2.05) is 12.3 Å².